The van der Waals surface area contributed by atoms with E-state index in [1.807, 2.05) is 19.9 Å². The van der Waals surface area contributed by atoms with Gasteiger partial charge in [0.25, 0.3) is 5.91 Å². The van der Waals surface area contributed by atoms with Gasteiger partial charge >= 0.3 is 0 Å². The van der Waals surface area contributed by atoms with Crippen molar-refractivity contribution in [1.82, 2.24) is 10.3 Å². The van der Waals surface area contributed by atoms with Crippen LogP contribution in [0.1, 0.15) is 16.8 Å². The number of pyridine rings is 1. The minimum absolute atomic E-state index is 0.299. The minimum Gasteiger partial charge on any atom is -0.341 e. The third-order valence-corrected chi connectivity index (χ3v) is 2.15. The molecular weight excluding hydrogens is 256 g/mol. The van der Waals surface area contributed by atoms with Gasteiger partial charge in [0.2, 0.25) is 0 Å². The molecule has 0 aliphatic heterocycles. The number of hydrogen-bond donors (Lipinski definition) is 1. The molecule has 0 unspecified atom stereocenters. The highest BCUT2D eigenvalue weighted by molar-refractivity contribution is 9.12. The Hall–Kier alpha value is -1.34. The number of nitrogens with zero attached hydrogens (tertiary/aromatic N) is 1. The Balaban J connectivity index is 2.64. The maximum atomic E-state index is 11.1. The molecule has 78 valence electrons. The fraction of sp³-hybridized carbons (Fsp3) is 0.273. The van der Waals surface area contributed by atoms with E-state index < -0.39 is 0 Å². The van der Waals surface area contributed by atoms with Crippen LogP contribution in [0.25, 0.3) is 0 Å². The summed E-state index contributed by atoms with van der Waals surface area (Å²) in [4.78, 5) is 17.6. The van der Waals surface area contributed by atoms with Crippen LogP contribution in [0.2, 0.25) is 0 Å². The highest BCUT2D eigenvalue weighted by Crippen LogP contribution is 2.06. The second-order valence-electron chi connectivity index (χ2n) is 3.15. The first-order valence-electron chi connectivity index (χ1n) is 4.45. The third-order valence-electron chi connectivity index (χ3n) is 1.96. The Morgan fingerprint density at radius 2 is 2.33 bits per heavy atom. The first kappa shape index (κ1) is 11.7. The molecule has 1 N–H and O–H groups in total. The van der Waals surface area contributed by atoms with Crippen LogP contribution >= 0.6 is 15.9 Å². The Kier molecular flexibility index (Phi) is 4.32. The molecule has 0 aliphatic rings. The number of halogens is 1. The monoisotopic (exact) mass is 266 g/mol. The van der Waals surface area contributed by atoms with Crippen molar-refractivity contribution in [2.45, 2.75) is 20.4 Å². The number of hydrogen-bond acceptors (Lipinski definition) is 2. The van der Waals surface area contributed by atoms with Crippen LogP contribution in [0.4, 0.5) is 0 Å². The molecule has 1 rings (SSSR count). The van der Waals surface area contributed by atoms with Crippen molar-refractivity contribution >= 4 is 21.8 Å². The summed E-state index contributed by atoms with van der Waals surface area (Å²) in [5.74, 6) is 2.04. The number of rotatable bonds is 2. The lowest BCUT2D eigenvalue weighted by Crippen LogP contribution is -2.21. The molecule has 1 aromatic rings. The van der Waals surface area contributed by atoms with Gasteiger partial charge in [0, 0.05) is 40.3 Å². The molecule has 1 heterocycles. The Morgan fingerprint density at radius 3 is 2.93 bits per heavy atom. The molecule has 0 saturated heterocycles. The van der Waals surface area contributed by atoms with E-state index in [1.165, 1.54) is 0 Å². The molecule has 4 heteroatoms. The van der Waals surface area contributed by atoms with E-state index in [-0.39, 0.29) is 5.91 Å². The van der Waals surface area contributed by atoms with Crippen molar-refractivity contribution in [3.8, 4) is 10.8 Å². The van der Waals surface area contributed by atoms with Crippen molar-refractivity contribution in [2.75, 3.05) is 0 Å². The zero-order chi connectivity index (χ0) is 11.3. The first-order chi connectivity index (χ1) is 7.13. The molecule has 0 fully saturated rings. The number of carbonyl (C=O) groups is 1. The van der Waals surface area contributed by atoms with E-state index >= 15 is 0 Å². The maximum Gasteiger partial charge on any atom is 0.297 e. The third kappa shape index (κ3) is 3.72. The Morgan fingerprint density at radius 1 is 1.60 bits per heavy atom. The fourth-order valence-electron chi connectivity index (χ4n) is 1.17. The highest BCUT2D eigenvalue weighted by Gasteiger charge is 2.01. The summed E-state index contributed by atoms with van der Waals surface area (Å²) in [7, 11) is 0. The number of aromatic nitrogens is 1. The molecule has 0 spiro atoms. The number of amides is 1. The lowest BCUT2D eigenvalue weighted by atomic mass is 10.1. The summed E-state index contributed by atoms with van der Waals surface area (Å²) < 4.78 is 0. The lowest BCUT2D eigenvalue weighted by Gasteiger charge is -2.05. The Labute approximate surface area is 97.4 Å². The van der Waals surface area contributed by atoms with Crippen molar-refractivity contribution in [1.29, 1.82) is 0 Å². The summed E-state index contributed by atoms with van der Waals surface area (Å²) in [6.07, 6.45) is 1.77. The van der Waals surface area contributed by atoms with Gasteiger partial charge in [-0.1, -0.05) is 0 Å². The summed E-state index contributed by atoms with van der Waals surface area (Å²) in [6.45, 7) is 4.39. The summed E-state index contributed by atoms with van der Waals surface area (Å²) >= 11 is 2.87. The zero-order valence-electron chi connectivity index (χ0n) is 8.60. The molecule has 0 aromatic carbocycles. The van der Waals surface area contributed by atoms with Crippen molar-refractivity contribution in [3.05, 3.63) is 29.1 Å². The quantitative estimate of drug-likeness (QED) is 0.828. The second kappa shape index (κ2) is 5.52. The van der Waals surface area contributed by atoms with Crippen molar-refractivity contribution < 1.29 is 4.79 Å². The predicted molar refractivity (Wildman–Crippen MR) is 62.3 cm³/mol. The van der Waals surface area contributed by atoms with E-state index in [4.69, 9.17) is 0 Å². The summed E-state index contributed by atoms with van der Waals surface area (Å²) in [5.41, 5.74) is 3.10. The van der Waals surface area contributed by atoms with Crippen LogP contribution < -0.4 is 5.32 Å². The minimum atomic E-state index is -0.299. The van der Waals surface area contributed by atoms with Crippen LogP contribution in [-0.4, -0.2) is 10.9 Å². The molecule has 0 radical (unpaired) electrons. The van der Waals surface area contributed by atoms with Crippen LogP contribution in [-0.2, 0) is 11.3 Å². The van der Waals surface area contributed by atoms with E-state index in [2.05, 4.69) is 37.0 Å². The van der Waals surface area contributed by atoms with Gasteiger partial charge in [0.15, 0.2) is 0 Å². The molecular formula is C11H11BrN2O. The molecule has 1 aromatic heterocycles. The van der Waals surface area contributed by atoms with Crippen LogP contribution in [0.3, 0.4) is 0 Å². The average Bonchev–Trinajstić information content (AvgIpc) is 2.17. The number of aryl methyl sites for hydroxylation is 2. The molecule has 0 bridgehead atoms. The summed E-state index contributed by atoms with van der Waals surface area (Å²) in [5, 5.41) is 2.68. The largest absolute Gasteiger partial charge is 0.341 e. The van der Waals surface area contributed by atoms with Crippen LogP contribution in [0, 0.1) is 24.6 Å². The van der Waals surface area contributed by atoms with E-state index in [0.717, 1.165) is 16.8 Å². The van der Waals surface area contributed by atoms with Crippen molar-refractivity contribution in [2.24, 2.45) is 0 Å². The van der Waals surface area contributed by atoms with Gasteiger partial charge in [-0.2, -0.15) is 0 Å². The van der Waals surface area contributed by atoms with E-state index in [9.17, 15) is 4.79 Å². The smallest absolute Gasteiger partial charge is 0.297 e. The molecule has 0 atom stereocenters. The molecule has 0 aliphatic carbocycles. The normalized spacial score (nSPS) is 9.00. The highest BCUT2D eigenvalue weighted by atomic mass is 79.9. The SMILES string of the molecule is Cc1cc(C)c(CNC(=O)C#CBr)cn1. The first-order valence-corrected chi connectivity index (χ1v) is 5.24. The van der Waals surface area contributed by atoms with Gasteiger partial charge < -0.3 is 5.32 Å². The van der Waals surface area contributed by atoms with Gasteiger partial charge in [-0.15, -0.1) is 0 Å². The zero-order valence-corrected chi connectivity index (χ0v) is 10.2. The predicted octanol–water partition coefficient (Wildman–Crippen LogP) is 1.67. The van der Waals surface area contributed by atoms with Gasteiger partial charge in [0.1, 0.15) is 0 Å². The number of carbonyl (C=O) groups excluding carboxylic acids is 1. The maximum absolute atomic E-state index is 11.1. The van der Waals surface area contributed by atoms with Gasteiger partial charge in [-0.05, 0) is 35.9 Å². The summed E-state index contributed by atoms with van der Waals surface area (Å²) in [6, 6.07) is 1.98. The number of nitrogens with one attached hydrogen (secondary N) is 1. The average molecular weight is 267 g/mol. The van der Waals surface area contributed by atoms with Gasteiger partial charge in [0.05, 0.1) is 0 Å². The van der Waals surface area contributed by atoms with Gasteiger partial charge in [-0.25, -0.2) is 0 Å². The fourth-order valence-corrected chi connectivity index (χ4v) is 1.35. The molecule has 3 nitrogen and oxygen atoms in total. The van der Waals surface area contributed by atoms with Crippen LogP contribution in [0.15, 0.2) is 12.3 Å². The lowest BCUT2D eigenvalue weighted by molar-refractivity contribution is -0.115. The molecule has 1 amide bonds. The molecule has 0 saturated carbocycles. The molecule has 15 heavy (non-hydrogen) atoms. The standard InChI is InChI=1S/C11H11BrN2O/c1-8-5-9(2)13-6-10(8)7-14-11(15)3-4-12/h5-6H,7H2,1-2H3,(H,14,15). The van der Waals surface area contributed by atoms with E-state index in [0.29, 0.717) is 6.54 Å². The van der Waals surface area contributed by atoms with Gasteiger partial charge in [-0.3, -0.25) is 9.78 Å². The topological polar surface area (TPSA) is 42.0 Å². The van der Waals surface area contributed by atoms with Crippen LogP contribution in [0.5, 0.6) is 0 Å². The second-order valence-corrected chi connectivity index (χ2v) is 3.55. The van der Waals surface area contributed by atoms with E-state index in [1.54, 1.807) is 6.20 Å². The Bertz CT molecular complexity index is 432. The van der Waals surface area contributed by atoms with Crippen molar-refractivity contribution in [3.63, 3.8) is 0 Å².